The van der Waals surface area contributed by atoms with E-state index in [-0.39, 0.29) is 0 Å². The van der Waals surface area contributed by atoms with E-state index in [0.29, 0.717) is 5.75 Å². The number of rotatable bonds is 4. The number of aromatic nitrogens is 2. The molecule has 5 rings (SSSR count). The number of hydrogen-bond acceptors (Lipinski definition) is 6. The van der Waals surface area contributed by atoms with Crippen molar-refractivity contribution in [3.63, 3.8) is 0 Å². The molecule has 2 aromatic carbocycles. The van der Waals surface area contributed by atoms with Gasteiger partial charge in [0.1, 0.15) is 22.7 Å². The molecule has 0 amide bonds. The van der Waals surface area contributed by atoms with Gasteiger partial charge in [0.2, 0.25) is 0 Å². The SMILES string of the molecule is Oc1cccc(CN2CCN(c3ncnc4scc(-c5ccccc5)c34)CC2)c1. The van der Waals surface area contributed by atoms with Crippen molar-refractivity contribution in [2.75, 3.05) is 31.1 Å². The Hall–Kier alpha value is -2.96. The third kappa shape index (κ3) is 3.69. The van der Waals surface area contributed by atoms with Gasteiger partial charge in [-0.25, -0.2) is 9.97 Å². The van der Waals surface area contributed by atoms with Gasteiger partial charge in [-0.15, -0.1) is 11.3 Å². The molecule has 0 saturated carbocycles. The molecule has 4 aromatic rings. The van der Waals surface area contributed by atoms with Crippen LogP contribution in [0.25, 0.3) is 21.3 Å². The highest BCUT2D eigenvalue weighted by Crippen LogP contribution is 2.38. The van der Waals surface area contributed by atoms with E-state index < -0.39 is 0 Å². The minimum absolute atomic E-state index is 0.329. The molecule has 0 spiro atoms. The highest BCUT2D eigenvalue weighted by molar-refractivity contribution is 7.17. The van der Waals surface area contributed by atoms with Crippen LogP contribution in [0.1, 0.15) is 5.56 Å². The molecule has 6 heteroatoms. The maximum atomic E-state index is 9.69. The first-order chi connectivity index (χ1) is 14.3. The van der Waals surface area contributed by atoms with Crippen LogP contribution in [-0.2, 0) is 6.54 Å². The fourth-order valence-corrected chi connectivity index (χ4v) is 4.87. The second kappa shape index (κ2) is 7.81. The molecular weight excluding hydrogens is 380 g/mol. The van der Waals surface area contributed by atoms with Crippen molar-refractivity contribution in [3.8, 4) is 16.9 Å². The smallest absolute Gasteiger partial charge is 0.141 e. The Balaban J connectivity index is 1.38. The summed E-state index contributed by atoms with van der Waals surface area (Å²) in [6.45, 7) is 4.64. The van der Waals surface area contributed by atoms with Gasteiger partial charge in [0.15, 0.2) is 0 Å². The fourth-order valence-electron chi connectivity index (χ4n) is 3.96. The number of piperazine rings is 1. The summed E-state index contributed by atoms with van der Waals surface area (Å²) in [5.74, 6) is 1.36. The van der Waals surface area contributed by atoms with Crippen molar-refractivity contribution in [1.29, 1.82) is 0 Å². The van der Waals surface area contributed by atoms with E-state index >= 15 is 0 Å². The van der Waals surface area contributed by atoms with E-state index in [1.807, 2.05) is 18.2 Å². The molecular formula is C23H22N4OS. The highest BCUT2D eigenvalue weighted by Gasteiger charge is 2.22. The van der Waals surface area contributed by atoms with Crippen LogP contribution in [0.2, 0.25) is 0 Å². The van der Waals surface area contributed by atoms with E-state index in [9.17, 15) is 5.11 Å². The largest absolute Gasteiger partial charge is 0.508 e. The summed E-state index contributed by atoms with van der Waals surface area (Å²) in [7, 11) is 0. The first kappa shape index (κ1) is 18.1. The molecule has 146 valence electrons. The molecule has 1 aliphatic rings. The lowest BCUT2D eigenvalue weighted by Gasteiger charge is -2.35. The van der Waals surface area contributed by atoms with Crippen LogP contribution in [0, 0.1) is 0 Å². The summed E-state index contributed by atoms with van der Waals surface area (Å²) in [5.41, 5.74) is 3.56. The molecule has 3 heterocycles. The van der Waals surface area contributed by atoms with E-state index in [4.69, 9.17) is 0 Å². The number of anilines is 1. The third-order valence-corrected chi connectivity index (χ3v) is 6.31. The number of aromatic hydroxyl groups is 1. The zero-order chi connectivity index (χ0) is 19.6. The van der Waals surface area contributed by atoms with Crippen molar-refractivity contribution in [2.24, 2.45) is 0 Å². The average Bonchev–Trinajstić information content (AvgIpc) is 3.19. The number of nitrogens with zero attached hydrogens (tertiary/aromatic N) is 4. The van der Waals surface area contributed by atoms with Gasteiger partial charge in [-0.3, -0.25) is 4.90 Å². The summed E-state index contributed by atoms with van der Waals surface area (Å²) < 4.78 is 0. The minimum atomic E-state index is 0.329. The Kier molecular flexibility index (Phi) is 4.87. The number of hydrogen-bond donors (Lipinski definition) is 1. The molecule has 1 fully saturated rings. The van der Waals surface area contributed by atoms with Crippen LogP contribution in [0.4, 0.5) is 5.82 Å². The Morgan fingerprint density at radius 2 is 1.76 bits per heavy atom. The molecule has 2 aromatic heterocycles. The Morgan fingerprint density at radius 3 is 2.55 bits per heavy atom. The summed E-state index contributed by atoms with van der Waals surface area (Å²) in [4.78, 5) is 15.0. The van der Waals surface area contributed by atoms with Gasteiger partial charge in [-0.1, -0.05) is 42.5 Å². The summed E-state index contributed by atoms with van der Waals surface area (Å²) >= 11 is 1.68. The maximum absolute atomic E-state index is 9.69. The monoisotopic (exact) mass is 402 g/mol. The third-order valence-electron chi connectivity index (χ3n) is 5.42. The van der Waals surface area contributed by atoms with Gasteiger partial charge in [-0.05, 0) is 23.3 Å². The standard InChI is InChI=1S/C23H22N4OS/c28-19-8-4-5-17(13-19)14-26-9-11-27(12-10-26)22-21-20(18-6-2-1-3-7-18)15-29-23(21)25-16-24-22/h1-8,13,15-16,28H,9-12,14H2. The normalized spacial score (nSPS) is 15.1. The average molecular weight is 403 g/mol. The lowest BCUT2D eigenvalue weighted by Crippen LogP contribution is -2.46. The van der Waals surface area contributed by atoms with Gasteiger partial charge in [0.25, 0.3) is 0 Å². The van der Waals surface area contributed by atoms with Gasteiger partial charge in [0, 0.05) is 43.7 Å². The Morgan fingerprint density at radius 1 is 0.931 bits per heavy atom. The van der Waals surface area contributed by atoms with Crippen molar-refractivity contribution in [3.05, 3.63) is 71.9 Å². The molecule has 0 aliphatic carbocycles. The highest BCUT2D eigenvalue weighted by atomic mass is 32.1. The predicted octanol–water partition coefficient (Wildman–Crippen LogP) is 4.39. The summed E-state index contributed by atoms with van der Waals surface area (Å²) in [6, 6.07) is 18.0. The first-order valence-corrected chi connectivity index (χ1v) is 10.7. The van der Waals surface area contributed by atoms with Crippen molar-refractivity contribution >= 4 is 27.4 Å². The quantitative estimate of drug-likeness (QED) is 0.549. The fraction of sp³-hybridized carbons (Fsp3) is 0.217. The van der Waals surface area contributed by atoms with E-state index in [0.717, 1.165) is 54.3 Å². The second-order valence-electron chi connectivity index (χ2n) is 7.33. The van der Waals surface area contributed by atoms with Crippen LogP contribution in [0.5, 0.6) is 5.75 Å². The molecule has 29 heavy (non-hydrogen) atoms. The Labute approximate surface area is 173 Å². The molecule has 0 bridgehead atoms. The topological polar surface area (TPSA) is 52.5 Å². The summed E-state index contributed by atoms with van der Waals surface area (Å²) in [6.07, 6.45) is 1.68. The van der Waals surface area contributed by atoms with Crippen LogP contribution in [0.15, 0.2) is 66.3 Å². The summed E-state index contributed by atoms with van der Waals surface area (Å²) in [5, 5.41) is 13.0. The molecule has 1 saturated heterocycles. The van der Waals surface area contributed by atoms with E-state index in [2.05, 4.69) is 55.5 Å². The molecule has 1 N–H and O–H groups in total. The van der Waals surface area contributed by atoms with Crippen LogP contribution in [-0.4, -0.2) is 46.2 Å². The van der Waals surface area contributed by atoms with E-state index in [1.54, 1.807) is 23.7 Å². The maximum Gasteiger partial charge on any atom is 0.141 e. The first-order valence-electron chi connectivity index (χ1n) is 9.81. The van der Waals surface area contributed by atoms with Crippen LogP contribution < -0.4 is 4.90 Å². The molecule has 5 nitrogen and oxygen atoms in total. The number of benzene rings is 2. The Bertz CT molecular complexity index is 1120. The van der Waals surface area contributed by atoms with Gasteiger partial charge in [-0.2, -0.15) is 0 Å². The molecule has 0 unspecified atom stereocenters. The predicted molar refractivity (Wildman–Crippen MR) is 118 cm³/mol. The lowest BCUT2D eigenvalue weighted by atomic mass is 10.1. The van der Waals surface area contributed by atoms with Crippen LogP contribution >= 0.6 is 11.3 Å². The number of fused-ring (bicyclic) bond motifs is 1. The van der Waals surface area contributed by atoms with Gasteiger partial charge >= 0.3 is 0 Å². The number of phenolic OH excluding ortho intramolecular Hbond substituents is 1. The van der Waals surface area contributed by atoms with E-state index in [1.165, 1.54) is 11.1 Å². The lowest BCUT2D eigenvalue weighted by molar-refractivity contribution is 0.249. The minimum Gasteiger partial charge on any atom is -0.508 e. The molecule has 0 radical (unpaired) electrons. The van der Waals surface area contributed by atoms with Gasteiger partial charge < -0.3 is 10.0 Å². The van der Waals surface area contributed by atoms with Gasteiger partial charge in [0.05, 0.1) is 5.39 Å². The van der Waals surface area contributed by atoms with Crippen molar-refractivity contribution in [2.45, 2.75) is 6.54 Å². The zero-order valence-electron chi connectivity index (χ0n) is 16.0. The number of phenols is 1. The number of thiophene rings is 1. The van der Waals surface area contributed by atoms with Crippen molar-refractivity contribution < 1.29 is 5.11 Å². The molecule has 0 atom stereocenters. The zero-order valence-corrected chi connectivity index (χ0v) is 16.8. The van der Waals surface area contributed by atoms with Crippen LogP contribution in [0.3, 0.4) is 0 Å². The molecule has 1 aliphatic heterocycles. The second-order valence-corrected chi connectivity index (χ2v) is 8.18. The van der Waals surface area contributed by atoms with Crippen molar-refractivity contribution in [1.82, 2.24) is 14.9 Å².